The molecule has 3 aromatic carbocycles. The van der Waals surface area contributed by atoms with Crippen LogP contribution in [-0.4, -0.2) is 20.6 Å². The number of benzene rings is 3. The Hall–Kier alpha value is -3.38. The molecule has 0 atom stereocenters. The lowest BCUT2D eigenvalue weighted by atomic mass is 9.91. The number of hydrogen-bond acceptors (Lipinski definition) is 3. The number of hydrogen-bond donors (Lipinski definition) is 2. The second kappa shape index (κ2) is 7.80. The summed E-state index contributed by atoms with van der Waals surface area (Å²) in [5.74, 6) is -0.440. The van der Waals surface area contributed by atoms with Crippen molar-refractivity contribution in [3.05, 3.63) is 100 Å². The largest absolute Gasteiger partial charge is 0.366 e. The zero-order valence-corrected chi connectivity index (χ0v) is 17.4. The third-order valence-corrected chi connectivity index (χ3v) is 5.76. The summed E-state index contributed by atoms with van der Waals surface area (Å²) in [5.41, 5.74) is 12.9. The van der Waals surface area contributed by atoms with Gasteiger partial charge in [-0.15, -0.1) is 0 Å². The van der Waals surface area contributed by atoms with Crippen molar-refractivity contribution in [2.75, 3.05) is 11.0 Å². The summed E-state index contributed by atoms with van der Waals surface area (Å²) in [4.78, 5) is 11.7. The summed E-state index contributed by atoms with van der Waals surface area (Å²) in [6.07, 6.45) is 4.85. The third kappa shape index (κ3) is 4.28. The molecule has 6 heteroatoms. The maximum Gasteiger partial charge on any atom is 0.248 e. The molecule has 1 aliphatic carbocycles. The van der Waals surface area contributed by atoms with Gasteiger partial charge < -0.3 is 5.73 Å². The molecule has 0 aliphatic heterocycles. The normalized spacial score (nSPS) is 14.5. The highest BCUT2D eigenvalue weighted by Crippen LogP contribution is 2.35. The highest BCUT2D eigenvalue weighted by molar-refractivity contribution is 7.92. The van der Waals surface area contributed by atoms with Crippen LogP contribution in [0.1, 0.15) is 38.2 Å². The molecule has 0 saturated carbocycles. The van der Waals surface area contributed by atoms with E-state index in [1.54, 1.807) is 18.2 Å². The molecule has 1 aliphatic rings. The van der Waals surface area contributed by atoms with Crippen LogP contribution in [0.5, 0.6) is 0 Å². The molecule has 0 radical (unpaired) electrons. The van der Waals surface area contributed by atoms with Crippen molar-refractivity contribution in [3.8, 4) is 0 Å². The highest BCUT2D eigenvalue weighted by atomic mass is 32.2. The molecule has 0 bridgehead atoms. The van der Waals surface area contributed by atoms with Crippen molar-refractivity contribution >= 4 is 33.3 Å². The lowest BCUT2D eigenvalue weighted by Gasteiger charge is -2.13. The van der Waals surface area contributed by atoms with Gasteiger partial charge in [0.15, 0.2) is 0 Å². The van der Waals surface area contributed by atoms with Gasteiger partial charge in [0.05, 0.1) is 6.26 Å². The first-order chi connectivity index (χ1) is 14.3. The molecular formula is C24H22N2O3S. The molecule has 0 fully saturated rings. The Kier molecular flexibility index (Phi) is 5.18. The van der Waals surface area contributed by atoms with Crippen molar-refractivity contribution in [1.82, 2.24) is 0 Å². The number of nitrogens with one attached hydrogen (secondary N) is 1. The van der Waals surface area contributed by atoms with Crippen LogP contribution < -0.4 is 10.5 Å². The number of anilines is 1. The molecule has 4 rings (SSSR count). The topological polar surface area (TPSA) is 89.3 Å². The van der Waals surface area contributed by atoms with Crippen LogP contribution >= 0.6 is 0 Å². The Labute approximate surface area is 176 Å². The fourth-order valence-corrected chi connectivity index (χ4v) is 4.42. The minimum atomic E-state index is -3.36. The lowest BCUT2D eigenvalue weighted by Crippen LogP contribution is -2.11. The Balaban J connectivity index is 1.88. The van der Waals surface area contributed by atoms with Crippen LogP contribution in [0.4, 0.5) is 5.69 Å². The van der Waals surface area contributed by atoms with E-state index in [-0.39, 0.29) is 0 Å². The van der Waals surface area contributed by atoms with Crippen molar-refractivity contribution in [1.29, 1.82) is 0 Å². The Morgan fingerprint density at radius 2 is 1.67 bits per heavy atom. The number of carbonyl (C=O) groups excluding carboxylic acids is 1. The summed E-state index contributed by atoms with van der Waals surface area (Å²) in [7, 11) is -3.36. The van der Waals surface area contributed by atoms with Crippen molar-refractivity contribution in [3.63, 3.8) is 0 Å². The van der Waals surface area contributed by atoms with Gasteiger partial charge in [-0.2, -0.15) is 0 Å². The van der Waals surface area contributed by atoms with Gasteiger partial charge in [0, 0.05) is 11.3 Å². The quantitative estimate of drug-likeness (QED) is 0.675. The van der Waals surface area contributed by atoms with E-state index in [9.17, 15) is 13.2 Å². The number of amides is 1. The Morgan fingerprint density at radius 1 is 0.933 bits per heavy atom. The lowest BCUT2D eigenvalue weighted by molar-refractivity contribution is 0.1000. The number of rotatable bonds is 4. The number of carbonyl (C=O) groups is 1. The fraction of sp³-hybridized carbons (Fsp3) is 0.125. The summed E-state index contributed by atoms with van der Waals surface area (Å²) >= 11 is 0. The predicted octanol–water partition coefficient (Wildman–Crippen LogP) is 3.84. The summed E-state index contributed by atoms with van der Waals surface area (Å²) in [6.45, 7) is 0. The maximum atomic E-state index is 11.7. The van der Waals surface area contributed by atoms with E-state index in [0.29, 0.717) is 11.3 Å². The average Bonchev–Trinajstić information content (AvgIpc) is 2.84. The van der Waals surface area contributed by atoms with E-state index in [0.717, 1.165) is 46.9 Å². The first-order valence-electron chi connectivity index (χ1n) is 9.61. The third-order valence-electron chi connectivity index (χ3n) is 5.15. The van der Waals surface area contributed by atoms with Crippen LogP contribution in [0.25, 0.3) is 11.6 Å². The van der Waals surface area contributed by atoms with E-state index in [2.05, 4.69) is 22.9 Å². The van der Waals surface area contributed by atoms with E-state index < -0.39 is 15.9 Å². The minimum Gasteiger partial charge on any atom is -0.366 e. The van der Waals surface area contributed by atoms with Crippen LogP contribution in [-0.2, 0) is 22.9 Å². The smallest absolute Gasteiger partial charge is 0.248 e. The molecule has 0 saturated heterocycles. The molecule has 1 amide bonds. The SMILES string of the molecule is CS(=O)(=O)Nc1cccc(C=C2c3ccccc3CCc3cc(C(N)=O)ccc32)c1. The zero-order chi connectivity index (χ0) is 21.3. The molecule has 0 aromatic heterocycles. The summed E-state index contributed by atoms with van der Waals surface area (Å²) in [6, 6.07) is 21.1. The standard InChI is InChI=1S/C24H22N2O3S/c1-30(28,29)26-20-7-4-5-16(13-20)14-23-21-8-3-2-6-17(21)9-10-18-15-19(24(25)27)11-12-22(18)23/h2-8,11-15,26H,9-10H2,1H3,(H2,25,27). The first-order valence-corrected chi connectivity index (χ1v) is 11.5. The van der Waals surface area contributed by atoms with E-state index in [1.165, 1.54) is 5.56 Å². The van der Waals surface area contributed by atoms with Crippen molar-refractivity contribution < 1.29 is 13.2 Å². The average molecular weight is 419 g/mol. The number of primary amides is 1. The molecule has 0 heterocycles. The monoisotopic (exact) mass is 418 g/mol. The molecule has 0 spiro atoms. The highest BCUT2D eigenvalue weighted by Gasteiger charge is 2.19. The maximum absolute atomic E-state index is 11.7. The predicted molar refractivity (Wildman–Crippen MR) is 121 cm³/mol. The van der Waals surface area contributed by atoms with Crippen LogP contribution in [0.3, 0.4) is 0 Å². The van der Waals surface area contributed by atoms with Gasteiger partial charge in [-0.25, -0.2) is 8.42 Å². The van der Waals surface area contributed by atoms with Gasteiger partial charge in [-0.05, 0) is 76.6 Å². The second-order valence-electron chi connectivity index (χ2n) is 7.45. The molecule has 152 valence electrons. The van der Waals surface area contributed by atoms with Crippen LogP contribution in [0.15, 0.2) is 66.7 Å². The summed E-state index contributed by atoms with van der Waals surface area (Å²) < 4.78 is 25.7. The Morgan fingerprint density at radius 3 is 2.43 bits per heavy atom. The summed E-state index contributed by atoms with van der Waals surface area (Å²) in [5, 5.41) is 0. The molecule has 3 aromatic rings. The molecule has 5 nitrogen and oxygen atoms in total. The molecular weight excluding hydrogens is 396 g/mol. The minimum absolute atomic E-state index is 0.440. The molecule has 0 unspecified atom stereocenters. The van der Waals surface area contributed by atoms with Crippen molar-refractivity contribution in [2.24, 2.45) is 5.73 Å². The van der Waals surface area contributed by atoms with Crippen molar-refractivity contribution in [2.45, 2.75) is 12.8 Å². The number of sulfonamides is 1. The number of aryl methyl sites for hydroxylation is 2. The first kappa shape index (κ1) is 19.9. The van der Waals surface area contributed by atoms with Gasteiger partial charge in [0.1, 0.15) is 0 Å². The van der Waals surface area contributed by atoms with Gasteiger partial charge in [-0.3, -0.25) is 9.52 Å². The van der Waals surface area contributed by atoms with Gasteiger partial charge in [0.2, 0.25) is 15.9 Å². The van der Waals surface area contributed by atoms with Crippen LogP contribution in [0, 0.1) is 0 Å². The molecule has 3 N–H and O–H groups in total. The van der Waals surface area contributed by atoms with Gasteiger partial charge >= 0.3 is 0 Å². The fourth-order valence-electron chi connectivity index (χ4n) is 3.86. The van der Waals surface area contributed by atoms with E-state index >= 15 is 0 Å². The Bertz CT molecular complexity index is 1280. The number of nitrogens with two attached hydrogens (primary N) is 1. The van der Waals surface area contributed by atoms with E-state index in [1.807, 2.05) is 36.4 Å². The van der Waals surface area contributed by atoms with Gasteiger partial charge in [0.25, 0.3) is 0 Å². The zero-order valence-electron chi connectivity index (χ0n) is 16.6. The van der Waals surface area contributed by atoms with Gasteiger partial charge in [-0.1, -0.05) is 42.5 Å². The number of fused-ring (bicyclic) bond motifs is 2. The van der Waals surface area contributed by atoms with Crippen LogP contribution in [0.2, 0.25) is 0 Å². The molecule has 30 heavy (non-hydrogen) atoms. The second-order valence-corrected chi connectivity index (χ2v) is 9.20. The van der Waals surface area contributed by atoms with E-state index in [4.69, 9.17) is 5.73 Å².